The van der Waals surface area contributed by atoms with Crippen molar-refractivity contribution in [2.45, 2.75) is 20.3 Å². The topological polar surface area (TPSA) is 47.0 Å². The third kappa shape index (κ3) is 3.92. The molecule has 0 amide bonds. The molecule has 2 aromatic rings. The van der Waals surface area contributed by atoms with Gasteiger partial charge in [-0.25, -0.2) is 4.98 Å². The summed E-state index contributed by atoms with van der Waals surface area (Å²) in [4.78, 5) is 8.44. The fraction of sp³-hybridized carbons (Fsp3) is 0.286. The largest absolute Gasteiger partial charge is 0.438 e. The summed E-state index contributed by atoms with van der Waals surface area (Å²) in [6, 6.07) is 7.66. The van der Waals surface area contributed by atoms with Gasteiger partial charge in [0.05, 0.1) is 4.47 Å². The number of rotatable bonds is 5. The molecule has 4 nitrogen and oxygen atoms in total. The van der Waals surface area contributed by atoms with E-state index in [1.165, 1.54) is 5.56 Å². The zero-order valence-electron chi connectivity index (χ0n) is 11.0. The van der Waals surface area contributed by atoms with Crippen LogP contribution in [0.4, 0.5) is 5.95 Å². The minimum absolute atomic E-state index is 0.526. The van der Waals surface area contributed by atoms with Gasteiger partial charge in [-0.3, -0.25) is 0 Å². The molecule has 0 aliphatic heterocycles. The van der Waals surface area contributed by atoms with E-state index in [1.54, 1.807) is 12.3 Å². The van der Waals surface area contributed by atoms with Gasteiger partial charge in [0, 0.05) is 18.8 Å². The molecular formula is C14H16BrN3O. The molecule has 2 rings (SSSR count). The van der Waals surface area contributed by atoms with Gasteiger partial charge in [0.1, 0.15) is 5.75 Å². The van der Waals surface area contributed by atoms with Crippen molar-refractivity contribution in [3.8, 4) is 11.6 Å². The molecule has 5 heteroatoms. The van der Waals surface area contributed by atoms with Gasteiger partial charge in [0.25, 0.3) is 0 Å². The van der Waals surface area contributed by atoms with Gasteiger partial charge < -0.3 is 10.1 Å². The van der Waals surface area contributed by atoms with Crippen LogP contribution in [-0.4, -0.2) is 16.5 Å². The molecular weight excluding hydrogens is 306 g/mol. The van der Waals surface area contributed by atoms with Crippen LogP contribution in [0.15, 0.2) is 34.9 Å². The van der Waals surface area contributed by atoms with E-state index in [2.05, 4.69) is 38.1 Å². The van der Waals surface area contributed by atoms with Gasteiger partial charge in [-0.2, -0.15) is 4.98 Å². The lowest BCUT2D eigenvalue weighted by molar-refractivity contribution is 0.459. The number of benzene rings is 1. The lowest BCUT2D eigenvalue weighted by Crippen LogP contribution is -2.04. The maximum absolute atomic E-state index is 5.75. The molecule has 1 heterocycles. The summed E-state index contributed by atoms with van der Waals surface area (Å²) in [7, 11) is 0. The first kappa shape index (κ1) is 13.8. The Labute approximate surface area is 121 Å². The second-order valence-electron chi connectivity index (χ2n) is 4.18. The van der Waals surface area contributed by atoms with E-state index in [9.17, 15) is 0 Å². The number of ether oxygens (including phenoxy) is 1. The van der Waals surface area contributed by atoms with Crippen LogP contribution in [0, 0.1) is 6.92 Å². The fourth-order valence-corrected chi connectivity index (χ4v) is 2.10. The van der Waals surface area contributed by atoms with E-state index in [0.717, 1.165) is 23.2 Å². The Kier molecular flexibility index (Phi) is 4.74. The molecule has 0 saturated heterocycles. The molecule has 1 aromatic carbocycles. The van der Waals surface area contributed by atoms with Gasteiger partial charge in [-0.05, 0) is 47.0 Å². The summed E-state index contributed by atoms with van der Waals surface area (Å²) in [6.45, 7) is 4.97. The molecule has 0 unspecified atom stereocenters. The van der Waals surface area contributed by atoms with Crippen molar-refractivity contribution in [2.75, 3.05) is 11.9 Å². The standard InChI is InChI=1S/C14H16BrN3O/c1-3-7-16-14-17-8-6-13(18-14)19-12-5-4-10(2)9-11(12)15/h4-6,8-9H,3,7H2,1-2H3,(H,16,17,18). The maximum atomic E-state index is 5.75. The molecule has 0 radical (unpaired) electrons. The van der Waals surface area contributed by atoms with Crippen LogP contribution in [-0.2, 0) is 0 Å². The zero-order chi connectivity index (χ0) is 13.7. The molecule has 100 valence electrons. The normalized spacial score (nSPS) is 10.3. The maximum Gasteiger partial charge on any atom is 0.225 e. The van der Waals surface area contributed by atoms with Crippen LogP contribution >= 0.6 is 15.9 Å². The first-order valence-corrected chi connectivity index (χ1v) is 6.99. The summed E-state index contributed by atoms with van der Waals surface area (Å²) < 4.78 is 6.66. The molecule has 0 atom stereocenters. The monoisotopic (exact) mass is 321 g/mol. The summed E-state index contributed by atoms with van der Waals surface area (Å²) >= 11 is 3.48. The highest BCUT2D eigenvalue weighted by molar-refractivity contribution is 9.10. The Bertz CT molecular complexity index is 560. The summed E-state index contributed by atoms with van der Waals surface area (Å²) in [5, 5.41) is 3.13. The second kappa shape index (κ2) is 6.52. The van der Waals surface area contributed by atoms with Gasteiger partial charge in [-0.1, -0.05) is 13.0 Å². The van der Waals surface area contributed by atoms with Crippen molar-refractivity contribution in [3.63, 3.8) is 0 Å². The van der Waals surface area contributed by atoms with Crippen molar-refractivity contribution >= 4 is 21.9 Å². The van der Waals surface area contributed by atoms with Crippen LogP contribution < -0.4 is 10.1 Å². The molecule has 0 fully saturated rings. The van der Waals surface area contributed by atoms with Crippen molar-refractivity contribution in [3.05, 3.63) is 40.5 Å². The van der Waals surface area contributed by atoms with Crippen LogP contribution in [0.5, 0.6) is 11.6 Å². The SMILES string of the molecule is CCCNc1nccc(Oc2ccc(C)cc2Br)n1. The third-order valence-corrected chi connectivity index (χ3v) is 3.08. The number of aromatic nitrogens is 2. The average Bonchev–Trinajstić information content (AvgIpc) is 2.40. The van der Waals surface area contributed by atoms with E-state index in [1.807, 2.05) is 25.1 Å². The Morgan fingerprint density at radius 1 is 1.32 bits per heavy atom. The van der Waals surface area contributed by atoms with Crippen LogP contribution in [0.2, 0.25) is 0 Å². The van der Waals surface area contributed by atoms with E-state index < -0.39 is 0 Å². The number of hydrogen-bond acceptors (Lipinski definition) is 4. The van der Waals surface area contributed by atoms with Crippen LogP contribution in [0.1, 0.15) is 18.9 Å². The number of halogens is 1. The third-order valence-electron chi connectivity index (χ3n) is 2.47. The highest BCUT2D eigenvalue weighted by Gasteiger charge is 2.05. The number of hydrogen-bond donors (Lipinski definition) is 1. The minimum atomic E-state index is 0.526. The van der Waals surface area contributed by atoms with E-state index in [4.69, 9.17) is 4.74 Å². The van der Waals surface area contributed by atoms with Gasteiger partial charge >= 0.3 is 0 Å². The summed E-state index contributed by atoms with van der Waals surface area (Å²) in [5.74, 6) is 1.85. The Morgan fingerprint density at radius 3 is 2.89 bits per heavy atom. The Hall–Kier alpha value is -1.62. The number of anilines is 1. The molecule has 1 aromatic heterocycles. The molecule has 0 spiro atoms. The molecule has 0 saturated carbocycles. The summed E-state index contributed by atoms with van der Waals surface area (Å²) in [6.07, 6.45) is 2.71. The zero-order valence-corrected chi connectivity index (χ0v) is 12.6. The first-order chi connectivity index (χ1) is 9.19. The lowest BCUT2D eigenvalue weighted by Gasteiger charge is -2.08. The Morgan fingerprint density at radius 2 is 2.16 bits per heavy atom. The lowest BCUT2D eigenvalue weighted by atomic mass is 10.2. The molecule has 1 N–H and O–H groups in total. The van der Waals surface area contributed by atoms with E-state index >= 15 is 0 Å². The van der Waals surface area contributed by atoms with Crippen LogP contribution in [0.25, 0.3) is 0 Å². The first-order valence-electron chi connectivity index (χ1n) is 6.20. The predicted octanol–water partition coefficient (Wildman–Crippen LogP) is 4.16. The van der Waals surface area contributed by atoms with E-state index in [0.29, 0.717) is 11.8 Å². The van der Waals surface area contributed by atoms with Crippen molar-refractivity contribution in [1.29, 1.82) is 0 Å². The Balaban J connectivity index is 2.14. The fourth-order valence-electron chi connectivity index (χ4n) is 1.52. The quantitative estimate of drug-likeness (QED) is 0.898. The number of aryl methyl sites for hydroxylation is 1. The van der Waals surface area contributed by atoms with Crippen molar-refractivity contribution < 1.29 is 4.74 Å². The minimum Gasteiger partial charge on any atom is -0.438 e. The molecule has 19 heavy (non-hydrogen) atoms. The highest BCUT2D eigenvalue weighted by Crippen LogP contribution is 2.29. The van der Waals surface area contributed by atoms with Gasteiger partial charge in [-0.15, -0.1) is 0 Å². The van der Waals surface area contributed by atoms with Crippen LogP contribution in [0.3, 0.4) is 0 Å². The summed E-state index contributed by atoms with van der Waals surface area (Å²) in [5.41, 5.74) is 1.17. The molecule has 0 bridgehead atoms. The highest BCUT2D eigenvalue weighted by atomic mass is 79.9. The average molecular weight is 322 g/mol. The van der Waals surface area contributed by atoms with Gasteiger partial charge in [0.2, 0.25) is 11.8 Å². The van der Waals surface area contributed by atoms with Gasteiger partial charge in [0.15, 0.2) is 0 Å². The number of nitrogens with zero attached hydrogens (tertiary/aromatic N) is 2. The second-order valence-corrected chi connectivity index (χ2v) is 5.04. The predicted molar refractivity (Wildman–Crippen MR) is 79.8 cm³/mol. The van der Waals surface area contributed by atoms with Crippen molar-refractivity contribution in [1.82, 2.24) is 9.97 Å². The molecule has 0 aliphatic rings. The van der Waals surface area contributed by atoms with E-state index in [-0.39, 0.29) is 0 Å². The van der Waals surface area contributed by atoms with Crippen molar-refractivity contribution in [2.24, 2.45) is 0 Å². The molecule has 0 aliphatic carbocycles. The number of nitrogens with one attached hydrogen (secondary N) is 1. The smallest absolute Gasteiger partial charge is 0.225 e.